The number of methoxy groups -OCH3 is 1. The van der Waals surface area contributed by atoms with Gasteiger partial charge in [0.05, 0.1) is 29.2 Å². The summed E-state index contributed by atoms with van der Waals surface area (Å²) >= 11 is 0. The fourth-order valence-electron chi connectivity index (χ4n) is 3.39. The predicted octanol–water partition coefficient (Wildman–Crippen LogP) is 4.12. The number of nitro benzene ring substituents is 1. The number of aryl methyl sites for hydroxylation is 1. The molecule has 0 atom stereocenters. The van der Waals surface area contributed by atoms with Gasteiger partial charge in [-0.15, -0.1) is 0 Å². The minimum Gasteiger partial charge on any atom is -0.493 e. The normalized spacial score (nSPS) is 11.3. The summed E-state index contributed by atoms with van der Waals surface area (Å²) in [5.74, 6) is 0.189. The van der Waals surface area contributed by atoms with Crippen LogP contribution < -0.4 is 15.0 Å². The topological polar surface area (TPSA) is 126 Å². The highest BCUT2D eigenvalue weighted by atomic mass is 16.6. The molecule has 0 radical (unpaired) electrons. The van der Waals surface area contributed by atoms with Gasteiger partial charge in [0.15, 0.2) is 11.5 Å². The number of ether oxygens (including phenoxy) is 2. The first-order valence-corrected chi connectivity index (χ1v) is 10.7. The number of nitrogens with zero attached hydrogens (tertiary/aromatic N) is 4. The largest absolute Gasteiger partial charge is 0.493 e. The molecule has 4 aromatic rings. The van der Waals surface area contributed by atoms with Crippen LogP contribution in [-0.2, 0) is 4.79 Å². The number of para-hydroxylation sites is 1. The second-order valence-corrected chi connectivity index (χ2v) is 7.55. The Kier molecular flexibility index (Phi) is 6.96. The highest BCUT2D eigenvalue weighted by molar-refractivity contribution is 5.89. The Morgan fingerprint density at radius 2 is 1.86 bits per heavy atom. The lowest BCUT2D eigenvalue weighted by atomic mass is 10.2. The number of hydrogen-bond acceptors (Lipinski definition) is 8. The van der Waals surface area contributed by atoms with E-state index in [1.807, 2.05) is 6.07 Å². The molecule has 0 aliphatic rings. The van der Waals surface area contributed by atoms with E-state index in [-0.39, 0.29) is 22.7 Å². The third kappa shape index (κ3) is 5.33. The van der Waals surface area contributed by atoms with Crippen LogP contribution in [0.25, 0.3) is 17.0 Å². The number of non-ortho nitro benzene ring substituents is 1. The molecule has 0 spiro atoms. The third-order valence-electron chi connectivity index (χ3n) is 5.13. The highest BCUT2D eigenvalue weighted by Crippen LogP contribution is 2.28. The van der Waals surface area contributed by atoms with E-state index in [0.29, 0.717) is 27.9 Å². The van der Waals surface area contributed by atoms with E-state index in [0.717, 1.165) is 6.08 Å². The van der Waals surface area contributed by atoms with Crippen molar-refractivity contribution in [2.75, 3.05) is 7.11 Å². The molecule has 0 aliphatic heterocycles. The van der Waals surface area contributed by atoms with Gasteiger partial charge in [-0.3, -0.25) is 14.9 Å². The highest BCUT2D eigenvalue weighted by Gasteiger charge is 2.10. The maximum absolute atomic E-state index is 12.8. The van der Waals surface area contributed by atoms with Crippen LogP contribution in [0.4, 0.5) is 5.69 Å². The van der Waals surface area contributed by atoms with Crippen LogP contribution in [0.15, 0.2) is 82.7 Å². The number of nitro groups is 1. The average Bonchev–Trinajstić information content (AvgIpc) is 2.88. The molecular formula is C26H20N4O6. The van der Waals surface area contributed by atoms with Crippen LogP contribution in [0.1, 0.15) is 17.0 Å². The molecule has 0 amide bonds. The zero-order valence-electron chi connectivity index (χ0n) is 19.3. The van der Waals surface area contributed by atoms with Gasteiger partial charge in [-0.1, -0.05) is 24.3 Å². The summed E-state index contributed by atoms with van der Waals surface area (Å²) in [5, 5.41) is 15.6. The van der Waals surface area contributed by atoms with E-state index in [4.69, 9.17) is 9.47 Å². The average molecular weight is 484 g/mol. The molecule has 36 heavy (non-hydrogen) atoms. The van der Waals surface area contributed by atoms with Crippen molar-refractivity contribution < 1.29 is 19.2 Å². The molecule has 0 saturated heterocycles. The number of aromatic nitrogens is 2. The molecule has 0 bridgehead atoms. The van der Waals surface area contributed by atoms with Gasteiger partial charge in [0, 0.05) is 18.2 Å². The number of benzene rings is 3. The lowest BCUT2D eigenvalue weighted by Crippen LogP contribution is -2.20. The third-order valence-corrected chi connectivity index (χ3v) is 5.13. The Morgan fingerprint density at radius 1 is 1.06 bits per heavy atom. The molecule has 1 aromatic heterocycles. The Morgan fingerprint density at radius 3 is 2.64 bits per heavy atom. The van der Waals surface area contributed by atoms with Crippen LogP contribution >= 0.6 is 0 Å². The molecule has 0 N–H and O–H groups in total. The van der Waals surface area contributed by atoms with Crippen LogP contribution in [-0.4, -0.2) is 33.9 Å². The smallest absolute Gasteiger partial charge is 0.336 e. The first-order valence-electron chi connectivity index (χ1n) is 10.7. The van der Waals surface area contributed by atoms with Gasteiger partial charge in [-0.05, 0) is 54.5 Å². The zero-order chi connectivity index (χ0) is 25.7. The van der Waals surface area contributed by atoms with Gasteiger partial charge in [0.25, 0.3) is 11.2 Å². The van der Waals surface area contributed by atoms with E-state index >= 15 is 0 Å². The second-order valence-electron chi connectivity index (χ2n) is 7.55. The molecule has 10 nitrogen and oxygen atoms in total. The summed E-state index contributed by atoms with van der Waals surface area (Å²) in [6.45, 7) is 1.69. The summed E-state index contributed by atoms with van der Waals surface area (Å²) in [6, 6.07) is 17.7. The zero-order valence-corrected chi connectivity index (χ0v) is 19.3. The van der Waals surface area contributed by atoms with E-state index in [2.05, 4.69) is 10.1 Å². The maximum atomic E-state index is 12.8. The number of esters is 1. The number of carbonyl (C=O) groups is 1. The molecule has 0 saturated carbocycles. The molecule has 0 unspecified atom stereocenters. The van der Waals surface area contributed by atoms with Crippen LogP contribution in [0.5, 0.6) is 11.5 Å². The molecule has 0 fully saturated rings. The predicted molar refractivity (Wildman–Crippen MR) is 134 cm³/mol. The van der Waals surface area contributed by atoms with Gasteiger partial charge in [0.1, 0.15) is 5.82 Å². The van der Waals surface area contributed by atoms with Crippen molar-refractivity contribution in [3.05, 3.63) is 110 Å². The molecular weight excluding hydrogens is 464 g/mol. The fourth-order valence-corrected chi connectivity index (χ4v) is 3.39. The van der Waals surface area contributed by atoms with Crippen molar-refractivity contribution in [2.45, 2.75) is 6.92 Å². The molecule has 10 heteroatoms. The van der Waals surface area contributed by atoms with Gasteiger partial charge in [0.2, 0.25) is 0 Å². The molecule has 3 aromatic carbocycles. The molecule has 4 rings (SSSR count). The maximum Gasteiger partial charge on any atom is 0.336 e. The Hall–Kier alpha value is -5.12. The summed E-state index contributed by atoms with van der Waals surface area (Å²) in [7, 11) is 1.43. The first-order chi connectivity index (χ1) is 17.4. The SMILES string of the molecule is COc1cc(C=Nn2c(C)nc3ccccc3c2=O)ccc1OC(=O)/C=C/c1cccc([N+](=O)[O-])c1. The lowest BCUT2D eigenvalue weighted by molar-refractivity contribution is -0.384. The van der Waals surface area contributed by atoms with Crippen molar-refractivity contribution in [3.8, 4) is 11.5 Å². The van der Waals surface area contributed by atoms with Crippen molar-refractivity contribution >= 4 is 34.9 Å². The van der Waals surface area contributed by atoms with Gasteiger partial charge >= 0.3 is 5.97 Å². The van der Waals surface area contributed by atoms with Crippen LogP contribution in [0.2, 0.25) is 0 Å². The van der Waals surface area contributed by atoms with Gasteiger partial charge < -0.3 is 9.47 Å². The standard InChI is InChI=1S/C26H20N4O6/c1-17-28-22-9-4-3-8-21(22)26(32)29(17)27-16-19-10-12-23(24(15-19)35-2)36-25(31)13-11-18-6-5-7-20(14-18)30(33)34/h3-16H,1-2H3/b13-11+,27-16?. The van der Waals surface area contributed by atoms with E-state index < -0.39 is 10.9 Å². The second kappa shape index (κ2) is 10.4. The van der Waals surface area contributed by atoms with E-state index in [1.54, 1.807) is 43.3 Å². The monoisotopic (exact) mass is 484 g/mol. The summed E-state index contributed by atoms with van der Waals surface area (Å²) in [6.07, 6.45) is 4.05. The number of fused-ring (bicyclic) bond motifs is 1. The van der Waals surface area contributed by atoms with Crippen molar-refractivity contribution in [3.63, 3.8) is 0 Å². The number of hydrogen-bond donors (Lipinski definition) is 0. The summed E-state index contributed by atoms with van der Waals surface area (Å²) in [4.78, 5) is 39.8. The fraction of sp³-hybridized carbons (Fsp3) is 0.0769. The molecule has 1 heterocycles. The van der Waals surface area contributed by atoms with Gasteiger partial charge in [-0.2, -0.15) is 9.78 Å². The van der Waals surface area contributed by atoms with Crippen molar-refractivity contribution in [1.29, 1.82) is 0 Å². The van der Waals surface area contributed by atoms with Crippen LogP contribution in [0.3, 0.4) is 0 Å². The van der Waals surface area contributed by atoms with E-state index in [9.17, 15) is 19.7 Å². The molecule has 0 aliphatic carbocycles. The summed E-state index contributed by atoms with van der Waals surface area (Å²) in [5.41, 5.74) is 1.30. The van der Waals surface area contributed by atoms with Crippen molar-refractivity contribution in [1.82, 2.24) is 9.66 Å². The summed E-state index contributed by atoms with van der Waals surface area (Å²) < 4.78 is 11.9. The minimum absolute atomic E-state index is 0.0821. The van der Waals surface area contributed by atoms with Crippen molar-refractivity contribution in [2.24, 2.45) is 5.10 Å². The first kappa shape index (κ1) is 24.0. The molecule has 180 valence electrons. The number of carbonyl (C=O) groups excluding carboxylic acids is 1. The number of rotatable bonds is 7. The quantitative estimate of drug-likeness (QED) is 0.0964. The van der Waals surface area contributed by atoms with Gasteiger partial charge in [-0.25, -0.2) is 9.78 Å². The Bertz CT molecular complexity index is 1590. The van der Waals surface area contributed by atoms with Crippen LogP contribution in [0, 0.1) is 17.0 Å². The Balaban J connectivity index is 1.52. The Labute approximate surface area is 204 Å². The lowest BCUT2D eigenvalue weighted by Gasteiger charge is -2.09. The minimum atomic E-state index is -0.689. The van der Waals surface area contributed by atoms with E-state index in [1.165, 1.54) is 48.3 Å².